The molecule has 8 nitrogen and oxygen atoms in total. The Labute approximate surface area is 266 Å². The number of aryl methyl sites for hydroxylation is 2. The number of aromatic nitrogens is 3. The highest BCUT2D eigenvalue weighted by Gasteiger charge is 2.36. The molecule has 1 atom stereocenters. The summed E-state index contributed by atoms with van der Waals surface area (Å²) in [5.41, 5.74) is 8.43. The zero-order valence-electron chi connectivity index (χ0n) is 27.6. The predicted octanol–water partition coefficient (Wildman–Crippen LogP) is 7.44. The van der Waals surface area contributed by atoms with Crippen molar-refractivity contribution in [2.75, 3.05) is 29.4 Å². The Kier molecular flexibility index (Phi) is 8.06. The van der Waals surface area contributed by atoms with E-state index < -0.39 is 17.7 Å². The molecular weight excluding hydrogens is 562 g/mol. The van der Waals surface area contributed by atoms with Gasteiger partial charge in [-0.15, -0.1) is 0 Å². The smallest absolute Gasteiger partial charge is 0.337 e. The van der Waals surface area contributed by atoms with Crippen molar-refractivity contribution in [2.45, 2.75) is 86.0 Å². The zero-order valence-corrected chi connectivity index (χ0v) is 27.6. The lowest BCUT2D eigenvalue weighted by Crippen LogP contribution is -2.39. The molecule has 2 aliphatic heterocycles. The molecule has 4 heterocycles. The van der Waals surface area contributed by atoms with Crippen molar-refractivity contribution in [1.29, 1.82) is 0 Å². The molecule has 0 aliphatic carbocycles. The zero-order chi connectivity index (χ0) is 32.1. The highest BCUT2D eigenvalue weighted by atomic mass is 16.5. The summed E-state index contributed by atoms with van der Waals surface area (Å²) in [5.74, 6) is -0.0292. The second-order valence-electron chi connectivity index (χ2n) is 14.4. The third kappa shape index (κ3) is 6.25. The van der Waals surface area contributed by atoms with Crippen LogP contribution in [0.2, 0.25) is 0 Å². The summed E-state index contributed by atoms with van der Waals surface area (Å²) >= 11 is 0. The summed E-state index contributed by atoms with van der Waals surface area (Å²) in [6.45, 7) is 17.6. The molecule has 1 N–H and O–H groups in total. The second kappa shape index (κ2) is 11.7. The van der Waals surface area contributed by atoms with Crippen LogP contribution in [-0.2, 0) is 22.5 Å². The molecule has 0 radical (unpaired) electrons. The lowest BCUT2D eigenvalue weighted by atomic mass is 9.81. The van der Waals surface area contributed by atoms with Crippen LogP contribution in [0.3, 0.4) is 0 Å². The average Bonchev–Trinajstić information content (AvgIpc) is 2.98. The van der Waals surface area contributed by atoms with Crippen molar-refractivity contribution in [2.24, 2.45) is 5.41 Å². The molecule has 0 amide bonds. The van der Waals surface area contributed by atoms with E-state index in [2.05, 4.69) is 57.9 Å². The lowest BCUT2D eigenvalue weighted by Gasteiger charge is -2.41. The van der Waals surface area contributed by atoms with Gasteiger partial charge in [0.1, 0.15) is 12.1 Å². The van der Waals surface area contributed by atoms with Crippen molar-refractivity contribution in [1.82, 2.24) is 15.0 Å². The van der Waals surface area contributed by atoms with E-state index in [0.717, 1.165) is 84.7 Å². The van der Waals surface area contributed by atoms with Gasteiger partial charge in [-0.1, -0.05) is 44.2 Å². The van der Waals surface area contributed by atoms with E-state index >= 15 is 0 Å². The number of pyridine rings is 1. The largest absolute Gasteiger partial charge is 0.479 e. The molecule has 0 saturated carbocycles. The Balaban J connectivity index is 1.44. The van der Waals surface area contributed by atoms with E-state index in [4.69, 9.17) is 9.72 Å². The molecule has 1 saturated heterocycles. The number of carbonyl (C=O) groups is 1. The molecule has 2 aromatic heterocycles. The van der Waals surface area contributed by atoms with Crippen LogP contribution >= 0.6 is 0 Å². The minimum atomic E-state index is -1.13. The Morgan fingerprint density at radius 1 is 0.956 bits per heavy atom. The van der Waals surface area contributed by atoms with Crippen molar-refractivity contribution in [3.63, 3.8) is 0 Å². The summed E-state index contributed by atoms with van der Waals surface area (Å²) < 4.78 is 6.26. The molecule has 2 aliphatic rings. The van der Waals surface area contributed by atoms with Crippen LogP contribution in [0.15, 0.2) is 48.8 Å². The summed E-state index contributed by atoms with van der Waals surface area (Å²) in [7, 11) is 0. The van der Waals surface area contributed by atoms with Gasteiger partial charge in [-0.3, -0.25) is 4.98 Å². The number of carboxylic acids is 1. The SMILES string of the molecule is Cc1nc(C)c(C(OC(C)(C)C)C(=O)O)c(N2CCC(C)(C)CC2)c1-c1ccc2c(c1)CCN(c1ncnc3ccccc13)C2. The van der Waals surface area contributed by atoms with Gasteiger partial charge in [0.25, 0.3) is 0 Å². The Bertz CT molecular complexity index is 1740. The summed E-state index contributed by atoms with van der Waals surface area (Å²) in [5, 5.41) is 11.6. The maximum atomic E-state index is 12.8. The molecule has 0 spiro atoms. The topological polar surface area (TPSA) is 91.7 Å². The fraction of sp³-hybridized carbons (Fsp3) is 0.459. The van der Waals surface area contributed by atoms with Crippen LogP contribution in [0.1, 0.15) is 81.6 Å². The first kappa shape index (κ1) is 31.0. The van der Waals surface area contributed by atoms with E-state index in [0.29, 0.717) is 11.3 Å². The molecule has 1 fully saturated rings. The summed E-state index contributed by atoms with van der Waals surface area (Å²) in [6.07, 6.45) is 3.46. The van der Waals surface area contributed by atoms with E-state index in [1.165, 1.54) is 11.1 Å². The monoisotopic (exact) mass is 607 g/mol. The van der Waals surface area contributed by atoms with Crippen molar-refractivity contribution < 1.29 is 14.6 Å². The lowest BCUT2D eigenvalue weighted by molar-refractivity contribution is -0.160. The summed E-state index contributed by atoms with van der Waals surface area (Å²) in [4.78, 5) is 31.7. The summed E-state index contributed by atoms with van der Waals surface area (Å²) in [6, 6.07) is 14.9. The fourth-order valence-corrected chi connectivity index (χ4v) is 6.89. The van der Waals surface area contributed by atoms with E-state index in [9.17, 15) is 9.90 Å². The number of benzene rings is 2. The van der Waals surface area contributed by atoms with Crippen molar-refractivity contribution in [3.8, 4) is 11.1 Å². The number of carboxylic acid groups (broad SMARTS) is 1. The van der Waals surface area contributed by atoms with Crippen LogP contribution in [0.4, 0.5) is 11.5 Å². The third-order valence-electron chi connectivity index (χ3n) is 9.30. The van der Waals surface area contributed by atoms with Gasteiger partial charge in [-0.2, -0.15) is 0 Å². The first-order valence-corrected chi connectivity index (χ1v) is 16.0. The highest BCUT2D eigenvalue weighted by Crippen LogP contribution is 2.45. The first-order valence-electron chi connectivity index (χ1n) is 16.0. The standard InChI is InChI=1S/C37H45N5O3/c1-23-30(26-12-13-27-21-42(17-14-25(27)20-26)34-28-10-8-9-11-29(28)38-22-39-34)32(41-18-15-37(6,7)16-19-41)31(24(2)40-23)33(35(43)44)45-36(3,4)5/h8-13,20,22,33H,14-19,21H2,1-7H3,(H,43,44). The van der Waals surface area contributed by atoms with Gasteiger partial charge >= 0.3 is 5.97 Å². The van der Waals surface area contributed by atoms with Gasteiger partial charge in [-0.25, -0.2) is 14.8 Å². The van der Waals surface area contributed by atoms with Gasteiger partial charge < -0.3 is 19.6 Å². The Morgan fingerprint density at radius 3 is 2.40 bits per heavy atom. The van der Waals surface area contributed by atoms with Crippen LogP contribution in [-0.4, -0.2) is 51.3 Å². The predicted molar refractivity (Wildman–Crippen MR) is 180 cm³/mol. The fourth-order valence-electron chi connectivity index (χ4n) is 6.89. The van der Waals surface area contributed by atoms with Crippen molar-refractivity contribution >= 4 is 28.4 Å². The van der Waals surface area contributed by atoms with Crippen LogP contribution < -0.4 is 9.80 Å². The number of piperidine rings is 1. The molecule has 6 rings (SSSR count). The molecule has 8 heteroatoms. The normalized spacial score (nSPS) is 17.3. The number of ether oxygens (including phenoxy) is 1. The number of rotatable bonds is 6. The average molecular weight is 608 g/mol. The number of hydrogen-bond donors (Lipinski definition) is 1. The molecule has 2 aromatic carbocycles. The van der Waals surface area contributed by atoms with Crippen molar-refractivity contribution in [3.05, 3.63) is 76.9 Å². The first-order chi connectivity index (χ1) is 21.3. The van der Waals surface area contributed by atoms with E-state index in [-0.39, 0.29) is 5.41 Å². The molecule has 0 bridgehead atoms. The third-order valence-corrected chi connectivity index (χ3v) is 9.30. The van der Waals surface area contributed by atoms with Gasteiger partial charge in [0.2, 0.25) is 0 Å². The minimum Gasteiger partial charge on any atom is -0.479 e. The second-order valence-corrected chi connectivity index (χ2v) is 14.4. The minimum absolute atomic E-state index is 0.245. The number of fused-ring (bicyclic) bond motifs is 2. The number of anilines is 2. The Morgan fingerprint density at radius 2 is 1.69 bits per heavy atom. The van der Waals surface area contributed by atoms with Gasteiger partial charge in [0.05, 0.1) is 16.8 Å². The highest BCUT2D eigenvalue weighted by molar-refractivity contribution is 5.90. The molecule has 4 aromatic rings. The number of aliphatic carboxylic acids is 1. The molecular formula is C37H45N5O3. The van der Waals surface area contributed by atoms with E-state index in [1.807, 2.05) is 52.8 Å². The van der Waals surface area contributed by atoms with Crippen LogP contribution in [0, 0.1) is 19.3 Å². The number of nitrogens with zero attached hydrogens (tertiary/aromatic N) is 5. The molecule has 45 heavy (non-hydrogen) atoms. The van der Waals surface area contributed by atoms with Gasteiger partial charge in [-0.05, 0) is 88.1 Å². The van der Waals surface area contributed by atoms with Gasteiger partial charge in [0.15, 0.2) is 6.10 Å². The Hall–Kier alpha value is -4.04. The van der Waals surface area contributed by atoms with E-state index in [1.54, 1.807) is 6.33 Å². The maximum absolute atomic E-state index is 12.8. The number of para-hydroxylation sites is 1. The molecule has 236 valence electrons. The van der Waals surface area contributed by atoms with Crippen LogP contribution in [0.5, 0.6) is 0 Å². The van der Waals surface area contributed by atoms with Gasteiger partial charge in [0, 0.05) is 54.1 Å². The maximum Gasteiger partial charge on any atom is 0.337 e. The quantitative estimate of drug-likeness (QED) is 0.242. The van der Waals surface area contributed by atoms with Crippen LogP contribution in [0.25, 0.3) is 22.0 Å². The number of hydrogen-bond acceptors (Lipinski definition) is 7. The molecule has 1 unspecified atom stereocenters.